The molecule has 0 aromatic carbocycles. The van der Waals surface area contributed by atoms with Crippen molar-refractivity contribution < 1.29 is 4.79 Å². The molecule has 0 bridgehead atoms. The first-order valence-electron chi connectivity index (χ1n) is 10.9. The third kappa shape index (κ3) is 7.86. The number of hydrogen-bond acceptors (Lipinski definition) is 4. The summed E-state index contributed by atoms with van der Waals surface area (Å²) in [6.45, 7) is 8.81. The number of hydrogen-bond donors (Lipinski definition) is 1. The lowest BCUT2D eigenvalue weighted by atomic mass is 9.96. The topological polar surface area (TPSA) is 58.1 Å². The van der Waals surface area contributed by atoms with Gasteiger partial charge in [-0.15, -0.1) is 0 Å². The van der Waals surface area contributed by atoms with E-state index in [1.54, 1.807) is 0 Å². The highest BCUT2D eigenvalue weighted by Gasteiger charge is 2.26. The van der Waals surface area contributed by atoms with Crippen LogP contribution in [0.3, 0.4) is 0 Å². The fourth-order valence-electron chi connectivity index (χ4n) is 3.81. The molecule has 2 heterocycles. The minimum Gasteiger partial charge on any atom is -0.356 e. The van der Waals surface area contributed by atoms with E-state index in [1.807, 2.05) is 19.9 Å². The maximum Gasteiger partial charge on any atom is 0.225 e. The number of amides is 1. The van der Waals surface area contributed by atoms with Crippen molar-refractivity contribution in [2.75, 3.05) is 24.5 Å². The number of nitrogens with one attached hydrogen (secondary N) is 1. The number of carbonyl (C=O) groups excluding carboxylic acids is 1. The van der Waals surface area contributed by atoms with Crippen molar-refractivity contribution in [3.05, 3.63) is 17.5 Å². The summed E-state index contributed by atoms with van der Waals surface area (Å²) in [4.78, 5) is 23.7. The predicted molar refractivity (Wildman–Crippen MR) is 112 cm³/mol. The molecule has 0 radical (unpaired) electrons. The van der Waals surface area contributed by atoms with Crippen LogP contribution in [-0.2, 0) is 4.79 Å². The summed E-state index contributed by atoms with van der Waals surface area (Å²) < 4.78 is 0. The molecule has 1 saturated heterocycles. The van der Waals surface area contributed by atoms with Gasteiger partial charge in [0.15, 0.2) is 0 Å². The Morgan fingerprint density at radius 1 is 1.00 bits per heavy atom. The molecule has 0 atom stereocenters. The van der Waals surface area contributed by atoms with Crippen LogP contribution in [0.2, 0.25) is 0 Å². The van der Waals surface area contributed by atoms with Gasteiger partial charge in [-0.25, -0.2) is 9.97 Å². The molecule has 152 valence electrons. The van der Waals surface area contributed by atoms with Crippen molar-refractivity contribution in [3.8, 4) is 0 Å². The molecular weight excluding hydrogens is 336 g/mol. The van der Waals surface area contributed by atoms with E-state index in [0.29, 0.717) is 0 Å². The van der Waals surface area contributed by atoms with E-state index in [-0.39, 0.29) is 11.8 Å². The molecule has 1 aliphatic heterocycles. The number of piperidine rings is 1. The molecule has 0 saturated carbocycles. The number of nitrogens with zero attached hydrogens (tertiary/aromatic N) is 3. The van der Waals surface area contributed by atoms with Crippen LogP contribution in [0.4, 0.5) is 5.95 Å². The molecule has 1 N–H and O–H groups in total. The number of carbonyl (C=O) groups is 1. The summed E-state index contributed by atoms with van der Waals surface area (Å²) in [7, 11) is 0. The molecule has 0 spiro atoms. The number of unbranched alkanes of at least 4 members (excludes halogenated alkanes) is 7. The average molecular weight is 375 g/mol. The van der Waals surface area contributed by atoms with E-state index in [1.165, 1.54) is 44.9 Å². The van der Waals surface area contributed by atoms with E-state index >= 15 is 0 Å². The van der Waals surface area contributed by atoms with Crippen molar-refractivity contribution >= 4 is 11.9 Å². The largest absolute Gasteiger partial charge is 0.356 e. The summed E-state index contributed by atoms with van der Waals surface area (Å²) in [5, 5.41) is 3.15. The molecule has 0 aliphatic carbocycles. The number of anilines is 1. The molecule has 1 aliphatic rings. The normalized spacial score (nSPS) is 15.1. The first kappa shape index (κ1) is 21.6. The summed E-state index contributed by atoms with van der Waals surface area (Å²) in [5.41, 5.74) is 2.01. The van der Waals surface area contributed by atoms with E-state index < -0.39 is 0 Å². The minimum atomic E-state index is 0.140. The third-order valence-electron chi connectivity index (χ3n) is 5.45. The molecule has 0 unspecified atom stereocenters. The third-order valence-corrected chi connectivity index (χ3v) is 5.45. The first-order valence-corrected chi connectivity index (χ1v) is 10.9. The fraction of sp³-hybridized carbons (Fsp3) is 0.773. The van der Waals surface area contributed by atoms with Gasteiger partial charge in [0, 0.05) is 36.9 Å². The smallest absolute Gasteiger partial charge is 0.225 e. The minimum absolute atomic E-state index is 0.140. The molecule has 1 aromatic rings. The second-order valence-corrected chi connectivity index (χ2v) is 7.98. The van der Waals surface area contributed by atoms with Gasteiger partial charge in [-0.2, -0.15) is 0 Å². The Hall–Kier alpha value is -1.65. The predicted octanol–water partition coefficient (Wildman–Crippen LogP) is 4.57. The molecule has 1 fully saturated rings. The molecule has 2 rings (SSSR count). The summed E-state index contributed by atoms with van der Waals surface area (Å²) in [6.07, 6.45) is 12.2. The average Bonchev–Trinajstić information content (AvgIpc) is 2.66. The molecule has 27 heavy (non-hydrogen) atoms. The van der Waals surface area contributed by atoms with Crippen LogP contribution in [0, 0.1) is 19.8 Å². The van der Waals surface area contributed by atoms with Gasteiger partial charge >= 0.3 is 0 Å². The maximum atomic E-state index is 12.4. The Morgan fingerprint density at radius 2 is 1.56 bits per heavy atom. The lowest BCUT2D eigenvalue weighted by Gasteiger charge is -2.31. The van der Waals surface area contributed by atoms with Crippen LogP contribution in [0.25, 0.3) is 0 Å². The molecule has 1 aromatic heterocycles. The Bertz CT molecular complexity index is 547. The Morgan fingerprint density at radius 3 is 2.15 bits per heavy atom. The summed E-state index contributed by atoms with van der Waals surface area (Å²) in [6, 6.07) is 1.99. The first-order chi connectivity index (χ1) is 13.1. The maximum absolute atomic E-state index is 12.4. The van der Waals surface area contributed by atoms with Gasteiger partial charge in [-0.1, -0.05) is 51.9 Å². The second kappa shape index (κ2) is 11.9. The SMILES string of the molecule is CCCCCCCCCCNC(=O)C1CCN(c2nc(C)cc(C)n2)CC1. The highest BCUT2D eigenvalue weighted by molar-refractivity contribution is 5.78. The van der Waals surface area contributed by atoms with Gasteiger partial charge in [0.25, 0.3) is 0 Å². The zero-order valence-electron chi connectivity index (χ0n) is 17.6. The molecule has 1 amide bonds. The number of aromatic nitrogens is 2. The van der Waals surface area contributed by atoms with Crippen LogP contribution in [0.1, 0.15) is 82.5 Å². The van der Waals surface area contributed by atoms with E-state index in [4.69, 9.17) is 0 Å². The number of aryl methyl sites for hydroxylation is 2. The van der Waals surface area contributed by atoms with Crippen molar-refractivity contribution in [3.63, 3.8) is 0 Å². The highest BCUT2D eigenvalue weighted by Crippen LogP contribution is 2.21. The van der Waals surface area contributed by atoms with Crippen LogP contribution in [-0.4, -0.2) is 35.5 Å². The van der Waals surface area contributed by atoms with Crippen LogP contribution in [0.5, 0.6) is 0 Å². The fourth-order valence-corrected chi connectivity index (χ4v) is 3.81. The second-order valence-electron chi connectivity index (χ2n) is 7.98. The zero-order valence-corrected chi connectivity index (χ0v) is 17.6. The van der Waals surface area contributed by atoms with Crippen LogP contribution in [0.15, 0.2) is 6.07 Å². The molecular formula is C22H38N4O. The van der Waals surface area contributed by atoms with Gasteiger partial charge in [0.05, 0.1) is 0 Å². The molecule has 5 heteroatoms. The van der Waals surface area contributed by atoms with E-state index in [2.05, 4.69) is 27.1 Å². The number of rotatable bonds is 11. The van der Waals surface area contributed by atoms with Crippen molar-refractivity contribution in [1.29, 1.82) is 0 Å². The van der Waals surface area contributed by atoms with E-state index in [0.717, 1.165) is 56.2 Å². The summed E-state index contributed by atoms with van der Waals surface area (Å²) >= 11 is 0. The van der Waals surface area contributed by atoms with Crippen molar-refractivity contribution in [2.45, 2.75) is 85.0 Å². The van der Waals surface area contributed by atoms with Gasteiger partial charge in [-0.3, -0.25) is 4.79 Å². The Kier molecular flexibility index (Phi) is 9.57. The lowest BCUT2D eigenvalue weighted by Crippen LogP contribution is -2.41. The summed E-state index contributed by atoms with van der Waals surface area (Å²) in [5.74, 6) is 1.19. The van der Waals surface area contributed by atoms with Crippen molar-refractivity contribution in [2.24, 2.45) is 5.92 Å². The zero-order chi connectivity index (χ0) is 19.5. The van der Waals surface area contributed by atoms with Gasteiger partial charge < -0.3 is 10.2 Å². The monoisotopic (exact) mass is 374 g/mol. The van der Waals surface area contributed by atoms with Gasteiger partial charge in [0.2, 0.25) is 11.9 Å². The molecule has 5 nitrogen and oxygen atoms in total. The van der Waals surface area contributed by atoms with Crippen molar-refractivity contribution in [1.82, 2.24) is 15.3 Å². The highest BCUT2D eigenvalue weighted by atomic mass is 16.1. The van der Waals surface area contributed by atoms with Gasteiger partial charge in [-0.05, 0) is 39.2 Å². The quantitative estimate of drug-likeness (QED) is 0.577. The Labute approximate surface area is 165 Å². The van der Waals surface area contributed by atoms with Crippen LogP contribution >= 0.6 is 0 Å². The van der Waals surface area contributed by atoms with Crippen LogP contribution < -0.4 is 10.2 Å². The Balaban J connectivity index is 1.58. The van der Waals surface area contributed by atoms with Gasteiger partial charge in [0.1, 0.15) is 0 Å². The van der Waals surface area contributed by atoms with E-state index in [9.17, 15) is 4.79 Å². The lowest BCUT2D eigenvalue weighted by molar-refractivity contribution is -0.125. The standard InChI is InChI=1S/C22H38N4O/c1-4-5-6-7-8-9-10-11-14-23-21(27)20-12-15-26(16-13-20)22-24-18(2)17-19(3)25-22/h17,20H,4-16H2,1-3H3,(H,23,27).